The van der Waals surface area contributed by atoms with Crippen LogP contribution in [0.3, 0.4) is 0 Å². The third-order valence-corrected chi connectivity index (χ3v) is 6.91. The Labute approximate surface area is 193 Å². The fraction of sp³-hybridized carbons (Fsp3) is 0.423. The van der Waals surface area contributed by atoms with Crippen LogP contribution in [-0.4, -0.2) is 45.9 Å². The highest BCUT2D eigenvalue weighted by Crippen LogP contribution is 2.31. The number of hydrogen-bond acceptors (Lipinski definition) is 4. The minimum Gasteiger partial charge on any atom is -0.489 e. The summed E-state index contributed by atoms with van der Waals surface area (Å²) in [5, 5.41) is 13.9. The number of carbonyl (C=O) groups excluding carboxylic acids is 2. The van der Waals surface area contributed by atoms with Crippen LogP contribution in [0.15, 0.2) is 48.5 Å². The molecule has 2 aliphatic heterocycles. The summed E-state index contributed by atoms with van der Waals surface area (Å²) in [6, 6.07) is 15.8. The quantitative estimate of drug-likeness (QED) is 0.627. The summed E-state index contributed by atoms with van der Waals surface area (Å²) in [7, 11) is 0. The Balaban J connectivity index is 1.26. The SMILES string of the molecule is O=C1CCC(N2Cc3cc(OC4CCCCC4NCc4ccccc4)ccc3C2=O)C(O)=[NH+]1. The Morgan fingerprint density at radius 3 is 2.70 bits per heavy atom. The van der Waals surface area contributed by atoms with Crippen molar-refractivity contribution >= 4 is 17.7 Å². The summed E-state index contributed by atoms with van der Waals surface area (Å²) in [6.45, 7) is 1.22. The van der Waals surface area contributed by atoms with E-state index in [1.165, 1.54) is 12.0 Å². The molecule has 1 aliphatic carbocycles. The molecule has 3 aliphatic rings. The molecular formula is C26H30N3O4+. The Morgan fingerprint density at radius 1 is 1.06 bits per heavy atom. The van der Waals surface area contributed by atoms with Crippen LogP contribution in [0, 0.1) is 0 Å². The van der Waals surface area contributed by atoms with Gasteiger partial charge in [0, 0.05) is 24.7 Å². The number of fused-ring (bicyclic) bond motifs is 1. The summed E-state index contributed by atoms with van der Waals surface area (Å²) < 4.78 is 6.43. The van der Waals surface area contributed by atoms with Gasteiger partial charge in [-0.25, -0.2) is 4.79 Å². The molecule has 7 nitrogen and oxygen atoms in total. The minimum absolute atomic E-state index is 0.0830. The third-order valence-electron chi connectivity index (χ3n) is 6.91. The highest BCUT2D eigenvalue weighted by molar-refractivity contribution is 6.01. The predicted octanol–water partition coefficient (Wildman–Crippen LogP) is 1.85. The number of nitrogens with zero attached hydrogens (tertiary/aromatic N) is 1. The standard InChI is InChI=1S/C26H29N3O4/c30-24-13-12-22(25(31)28-24)29-16-18-14-19(10-11-20(18)26(29)32)33-23-9-5-4-8-21(23)27-15-17-6-2-1-3-7-17/h1-3,6-7,10-11,14,21-23,27H,4-5,8-9,12-13,15-16H2,(H,28,30,31)/p+1. The number of hydrogen-bond donors (Lipinski definition) is 3. The van der Waals surface area contributed by atoms with Gasteiger partial charge in [0.2, 0.25) is 0 Å². The predicted molar refractivity (Wildman–Crippen MR) is 123 cm³/mol. The number of aliphatic hydroxyl groups is 1. The first-order valence-electron chi connectivity index (χ1n) is 11.8. The van der Waals surface area contributed by atoms with E-state index in [0.29, 0.717) is 24.9 Å². The van der Waals surface area contributed by atoms with Gasteiger partial charge in [-0.05, 0) is 55.0 Å². The van der Waals surface area contributed by atoms with Crippen molar-refractivity contribution in [3.8, 4) is 5.75 Å². The third kappa shape index (κ3) is 4.64. The molecule has 3 unspecified atom stereocenters. The first-order chi connectivity index (χ1) is 16.1. The number of carbonyl (C=O) groups is 2. The lowest BCUT2D eigenvalue weighted by molar-refractivity contribution is -0.394. The average Bonchev–Trinajstić information content (AvgIpc) is 3.14. The van der Waals surface area contributed by atoms with Gasteiger partial charge in [0.1, 0.15) is 11.9 Å². The maximum atomic E-state index is 12.9. The van der Waals surface area contributed by atoms with Crippen molar-refractivity contribution in [2.45, 2.75) is 69.8 Å². The lowest BCUT2D eigenvalue weighted by atomic mass is 9.92. The Kier molecular flexibility index (Phi) is 6.13. The zero-order valence-corrected chi connectivity index (χ0v) is 18.6. The first-order valence-corrected chi connectivity index (χ1v) is 11.8. The maximum Gasteiger partial charge on any atom is 0.388 e. The summed E-state index contributed by atoms with van der Waals surface area (Å²) in [5.41, 5.74) is 2.79. The zero-order chi connectivity index (χ0) is 22.8. The highest BCUT2D eigenvalue weighted by Gasteiger charge is 2.41. The van der Waals surface area contributed by atoms with Crippen LogP contribution in [0.1, 0.15) is 60.0 Å². The van der Waals surface area contributed by atoms with Crippen LogP contribution in [0.4, 0.5) is 0 Å². The van der Waals surface area contributed by atoms with Crippen LogP contribution in [0.5, 0.6) is 5.75 Å². The highest BCUT2D eigenvalue weighted by atomic mass is 16.5. The molecule has 2 heterocycles. The van der Waals surface area contributed by atoms with Crippen molar-refractivity contribution in [1.82, 2.24) is 10.2 Å². The molecule has 0 aromatic heterocycles. The second-order valence-electron chi connectivity index (χ2n) is 9.15. The van der Waals surface area contributed by atoms with E-state index in [9.17, 15) is 14.7 Å². The van der Waals surface area contributed by atoms with Crippen molar-refractivity contribution in [2.24, 2.45) is 0 Å². The number of aliphatic hydroxyl groups excluding tert-OH is 1. The van der Waals surface area contributed by atoms with Crippen LogP contribution in [0.25, 0.3) is 0 Å². The minimum atomic E-state index is -0.489. The molecule has 172 valence electrons. The van der Waals surface area contributed by atoms with Gasteiger partial charge < -0.3 is 20.1 Å². The summed E-state index contributed by atoms with van der Waals surface area (Å²) in [5.74, 6) is 0.293. The fourth-order valence-electron chi connectivity index (χ4n) is 5.13. The zero-order valence-electron chi connectivity index (χ0n) is 18.6. The van der Waals surface area contributed by atoms with E-state index in [4.69, 9.17) is 4.74 Å². The number of ether oxygens (including phenoxy) is 1. The molecule has 1 saturated carbocycles. The molecule has 3 atom stereocenters. The number of nitrogens with one attached hydrogen (secondary N) is 2. The van der Waals surface area contributed by atoms with E-state index < -0.39 is 6.04 Å². The molecule has 33 heavy (non-hydrogen) atoms. The van der Waals surface area contributed by atoms with Crippen molar-refractivity contribution in [2.75, 3.05) is 0 Å². The molecule has 0 spiro atoms. The van der Waals surface area contributed by atoms with Gasteiger partial charge in [-0.1, -0.05) is 36.8 Å². The van der Waals surface area contributed by atoms with E-state index in [1.54, 1.807) is 4.90 Å². The fourth-order valence-corrected chi connectivity index (χ4v) is 5.13. The van der Waals surface area contributed by atoms with Crippen molar-refractivity contribution in [1.29, 1.82) is 0 Å². The van der Waals surface area contributed by atoms with Gasteiger partial charge >= 0.3 is 11.8 Å². The Bertz CT molecular complexity index is 1070. The van der Waals surface area contributed by atoms with E-state index in [2.05, 4.69) is 34.6 Å². The Morgan fingerprint density at radius 2 is 1.88 bits per heavy atom. The molecule has 2 aromatic carbocycles. The van der Waals surface area contributed by atoms with Crippen molar-refractivity contribution < 1.29 is 24.4 Å². The lowest BCUT2D eigenvalue weighted by Gasteiger charge is -2.33. The first kappa shape index (κ1) is 21.6. The number of benzene rings is 2. The molecule has 2 aromatic rings. The van der Waals surface area contributed by atoms with Crippen LogP contribution in [-0.2, 0) is 17.9 Å². The molecule has 0 saturated heterocycles. The van der Waals surface area contributed by atoms with Gasteiger partial charge in [-0.3, -0.25) is 4.79 Å². The molecule has 7 heteroatoms. The van der Waals surface area contributed by atoms with Gasteiger partial charge in [-0.2, -0.15) is 0 Å². The molecule has 0 bridgehead atoms. The van der Waals surface area contributed by atoms with Gasteiger partial charge in [0.05, 0.1) is 6.42 Å². The van der Waals surface area contributed by atoms with E-state index in [0.717, 1.165) is 37.1 Å². The smallest absolute Gasteiger partial charge is 0.388 e. The van der Waals surface area contributed by atoms with Gasteiger partial charge in [0.25, 0.3) is 5.91 Å². The normalized spacial score (nSPS) is 25.0. The van der Waals surface area contributed by atoms with Gasteiger partial charge in [-0.15, -0.1) is 4.99 Å². The second-order valence-corrected chi connectivity index (χ2v) is 9.15. The Hall–Kier alpha value is -3.19. The average molecular weight is 449 g/mol. The van der Waals surface area contributed by atoms with E-state index >= 15 is 0 Å². The molecule has 1 fully saturated rings. The lowest BCUT2D eigenvalue weighted by Crippen LogP contribution is -2.82. The number of amides is 2. The molecule has 5 rings (SSSR count). The summed E-state index contributed by atoms with van der Waals surface area (Å²) in [4.78, 5) is 28.5. The van der Waals surface area contributed by atoms with Gasteiger partial charge in [0.15, 0.2) is 6.04 Å². The molecule has 0 radical (unpaired) electrons. The maximum absolute atomic E-state index is 12.9. The van der Waals surface area contributed by atoms with E-state index in [1.807, 2.05) is 24.3 Å². The monoisotopic (exact) mass is 448 g/mol. The number of rotatable bonds is 6. The van der Waals surface area contributed by atoms with Crippen molar-refractivity contribution in [3.63, 3.8) is 0 Å². The molecular weight excluding hydrogens is 418 g/mol. The van der Waals surface area contributed by atoms with Crippen LogP contribution < -0.4 is 15.0 Å². The summed E-state index contributed by atoms with van der Waals surface area (Å²) in [6.07, 6.45) is 5.22. The summed E-state index contributed by atoms with van der Waals surface area (Å²) >= 11 is 0. The van der Waals surface area contributed by atoms with Crippen molar-refractivity contribution in [3.05, 3.63) is 65.2 Å². The van der Waals surface area contributed by atoms with E-state index in [-0.39, 0.29) is 29.9 Å². The molecule has 3 N–H and O–H groups in total. The topological polar surface area (TPSA) is 92.8 Å². The van der Waals surface area contributed by atoms with Crippen LogP contribution in [0.2, 0.25) is 0 Å². The largest absolute Gasteiger partial charge is 0.489 e. The second kappa shape index (κ2) is 9.35. The molecule has 2 amide bonds. The van der Waals surface area contributed by atoms with Crippen LogP contribution >= 0.6 is 0 Å².